The van der Waals surface area contributed by atoms with Crippen molar-refractivity contribution in [1.29, 1.82) is 0 Å². The highest BCUT2D eigenvalue weighted by Crippen LogP contribution is 1.97. The Kier molecular flexibility index (Phi) is 19.6. The lowest BCUT2D eigenvalue weighted by molar-refractivity contribution is -0.152. The highest BCUT2D eigenvalue weighted by Gasteiger charge is 2.08. The molecule has 156 valence electrons. The summed E-state index contributed by atoms with van der Waals surface area (Å²) in [5.74, 6) is -1.13. The van der Waals surface area contributed by atoms with Gasteiger partial charge in [0, 0.05) is 35.4 Å². The summed E-state index contributed by atoms with van der Waals surface area (Å²) < 4.78 is 15.0. The summed E-state index contributed by atoms with van der Waals surface area (Å²) in [5.41, 5.74) is 6.16. The van der Waals surface area contributed by atoms with Gasteiger partial charge >= 0.3 is 11.9 Å². The minimum absolute atomic E-state index is 0. The van der Waals surface area contributed by atoms with Crippen molar-refractivity contribution in [2.24, 2.45) is 5.73 Å². The van der Waals surface area contributed by atoms with Crippen molar-refractivity contribution < 1.29 is 31.4 Å². The SMILES string of the molecule is C=C(C)COCCCC(=O)OCCOC(=O)CCC(=O)NCCN.CC.[HH].[HH]. The first-order valence-electron chi connectivity index (χ1n) is 8.95. The summed E-state index contributed by atoms with van der Waals surface area (Å²) >= 11 is 0. The minimum atomic E-state index is -0.512. The first-order valence-corrected chi connectivity index (χ1v) is 8.95. The lowest BCUT2D eigenvalue weighted by atomic mass is 10.3. The zero-order valence-electron chi connectivity index (χ0n) is 16.3. The van der Waals surface area contributed by atoms with Crippen LogP contribution in [-0.4, -0.2) is 57.4 Å². The van der Waals surface area contributed by atoms with Crippen LogP contribution in [0.15, 0.2) is 12.2 Å². The van der Waals surface area contributed by atoms with Gasteiger partial charge in [0.05, 0.1) is 13.0 Å². The Balaban J connectivity index is -0.000000695. The van der Waals surface area contributed by atoms with Crippen LogP contribution in [-0.2, 0) is 28.6 Å². The van der Waals surface area contributed by atoms with Crippen LogP contribution in [0.25, 0.3) is 0 Å². The van der Waals surface area contributed by atoms with Gasteiger partial charge in [-0.3, -0.25) is 14.4 Å². The number of hydrogen-bond donors (Lipinski definition) is 2. The van der Waals surface area contributed by atoms with E-state index in [2.05, 4.69) is 11.9 Å². The number of nitrogens with one attached hydrogen (secondary N) is 1. The molecular weight excluding hydrogens is 340 g/mol. The topological polar surface area (TPSA) is 117 Å². The molecule has 26 heavy (non-hydrogen) atoms. The van der Waals surface area contributed by atoms with Crippen LogP contribution in [0.5, 0.6) is 0 Å². The Morgan fingerprint density at radius 2 is 1.58 bits per heavy atom. The highest BCUT2D eigenvalue weighted by atomic mass is 16.6. The summed E-state index contributed by atoms with van der Waals surface area (Å²) in [7, 11) is 0. The molecule has 0 saturated carbocycles. The van der Waals surface area contributed by atoms with Crippen molar-refractivity contribution in [3.63, 3.8) is 0 Å². The van der Waals surface area contributed by atoms with Gasteiger partial charge in [-0.25, -0.2) is 0 Å². The van der Waals surface area contributed by atoms with Gasteiger partial charge in [-0.15, -0.1) is 0 Å². The van der Waals surface area contributed by atoms with E-state index in [0.29, 0.717) is 32.7 Å². The van der Waals surface area contributed by atoms with Crippen molar-refractivity contribution in [1.82, 2.24) is 5.32 Å². The number of carbonyl (C=O) groups excluding carboxylic acids is 3. The van der Waals surface area contributed by atoms with Gasteiger partial charge in [-0.1, -0.05) is 26.0 Å². The third-order valence-electron chi connectivity index (χ3n) is 2.65. The van der Waals surface area contributed by atoms with Crippen molar-refractivity contribution in [3.8, 4) is 0 Å². The average molecular weight is 379 g/mol. The second-order valence-corrected chi connectivity index (χ2v) is 5.19. The van der Waals surface area contributed by atoms with Crippen molar-refractivity contribution in [3.05, 3.63) is 12.2 Å². The minimum Gasteiger partial charge on any atom is -0.462 e. The Bertz CT molecular complexity index is 423. The predicted octanol–water partition coefficient (Wildman–Crippen LogP) is 1.82. The molecule has 0 spiro atoms. The molecule has 0 radical (unpaired) electrons. The van der Waals surface area contributed by atoms with Crippen LogP contribution < -0.4 is 11.1 Å². The van der Waals surface area contributed by atoms with Crippen molar-refractivity contribution in [2.75, 3.05) is 39.5 Å². The molecule has 0 saturated heterocycles. The summed E-state index contributed by atoms with van der Waals surface area (Å²) in [6.07, 6.45) is 0.822. The Morgan fingerprint density at radius 1 is 1.00 bits per heavy atom. The molecule has 0 aromatic heterocycles. The molecule has 3 N–H and O–H groups in total. The van der Waals surface area contributed by atoms with Gasteiger partial charge in [-0.05, 0) is 13.3 Å². The molecule has 0 atom stereocenters. The van der Waals surface area contributed by atoms with E-state index < -0.39 is 5.97 Å². The molecule has 0 bridgehead atoms. The van der Waals surface area contributed by atoms with E-state index in [0.717, 1.165) is 5.57 Å². The average Bonchev–Trinajstić information content (AvgIpc) is 2.62. The van der Waals surface area contributed by atoms with Gasteiger partial charge in [0.2, 0.25) is 5.91 Å². The van der Waals surface area contributed by atoms with Gasteiger partial charge in [0.25, 0.3) is 0 Å². The van der Waals surface area contributed by atoms with E-state index in [9.17, 15) is 14.4 Å². The van der Waals surface area contributed by atoms with E-state index in [-0.39, 0.29) is 47.2 Å². The van der Waals surface area contributed by atoms with Gasteiger partial charge in [0.15, 0.2) is 0 Å². The van der Waals surface area contributed by atoms with E-state index in [1.54, 1.807) is 0 Å². The van der Waals surface area contributed by atoms with Gasteiger partial charge in [-0.2, -0.15) is 0 Å². The largest absolute Gasteiger partial charge is 0.462 e. The first-order chi connectivity index (χ1) is 12.5. The molecule has 0 aromatic rings. The van der Waals surface area contributed by atoms with E-state index in [1.165, 1.54) is 0 Å². The van der Waals surface area contributed by atoms with Crippen LogP contribution in [0.1, 0.15) is 49.3 Å². The molecule has 0 aromatic carbocycles. The number of nitrogens with two attached hydrogens (primary N) is 1. The summed E-state index contributed by atoms with van der Waals surface area (Å²) in [6, 6.07) is 0. The van der Waals surface area contributed by atoms with Gasteiger partial charge in [0.1, 0.15) is 13.2 Å². The maximum atomic E-state index is 11.4. The fraction of sp³-hybridized carbons (Fsp3) is 0.722. The molecule has 8 nitrogen and oxygen atoms in total. The molecule has 0 aliphatic carbocycles. The number of esters is 2. The quantitative estimate of drug-likeness (QED) is 0.269. The van der Waals surface area contributed by atoms with E-state index >= 15 is 0 Å². The Hall–Kier alpha value is -1.93. The number of rotatable bonds is 14. The third kappa shape index (κ3) is 20.1. The zero-order valence-corrected chi connectivity index (χ0v) is 16.3. The van der Waals surface area contributed by atoms with E-state index in [1.807, 2.05) is 20.8 Å². The summed E-state index contributed by atoms with van der Waals surface area (Å²) in [6.45, 7) is 11.2. The van der Waals surface area contributed by atoms with Crippen LogP contribution >= 0.6 is 0 Å². The maximum absolute atomic E-state index is 11.4. The molecule has 8 heteroatoms. The maximum Gasteiger partial charge on any atom is 0.306 e. The molecule has 0 heterocycles. The monoisotopic (exact) mass is 378 g/mol. The van der Waals surface area contributed by atoms with Crippen LogP contribution in [0.4, 0.5) is 0 Å². The second kappa shape index (κ2) is 19.4. The van der Waals surface area contributed by atoms with Crippen LogP contribution in [0, 0.1) is 0 Å². The summed E-state index contributed by atoms with van der Waals surface area (Å²) in [4.78, 5) is 34.0. The smallest absolute Gasteiger partial charge is 0.306 e. The van der Waals surface area contributed by atoms with E-state index in [4.69, 9.17) is 19.9 Å². The van der Waals surface area contributed by atoms with Crippen LogP contribution in [0.2, 0.25) is 0 Å². The summed E-state index contributed by atoms with van der Waals surface area (Å²) in [5, 5.41) is 2.55. The van der Waals surface area contributed by atoms with Crippen LogP contribution in [0.3, 0.4) is 0 Å². The number of carbonyl (C=O) groups is 3. The molecular formula is C18H38N2O6. The van der Waals surface area contributed by atoms with Gasteiger partial charge < -0.3 is 25.3 Å². The normalized spacial score (nSPS) is 9.54. The standard InChI is InChI=1S/C16H28N2O6.C2H6.2H2/c1-13(2)12-22-9-3-4-15(20)23-10-11-24-16(21)6-5-14(19)18-8-7-17;1-2;;/h1,3-12,17H2,2H3,(H,18,19);1-2H3;2*1H. The fourth-order valence-corrected chi connectivity index (χ4v) is 1.54. The zero-order chi connectivity index (χ0) is 20.2. The lowest BCUT2D eigenvalue weighted by Gasteiger charge is -2.07. The molecule has 0 unspecified atom stereocenters. The first kappa shape index (κ1) is 26.3. The van der Waals surface area contributed by atoms with Crippen molar-refractivity contribution in [2.45, 2.75) is 46.5 Å². The second-order valence-electron chi connectivity index (χ2n) is 5.19. The Morgan fingerprint density at radius 3 is 2.12 bits per heavy atom. The lowest BCUT2D eigenvalue weighted by Crippen LogP contribution is -2.29. The Labute approximate surface area is 159 Å². The predicted molar refractivity (Wildman–Crippen MR) is 104 cm³/mol. The molecule has 0 aliphatic rings. The molecule has 1 amide bonds. The number of amides is 1. The van der Waals surface area contributed by atoms with Crippen molar-refractivity contribution >= 4 is 17.8 Å². The third-order valence-corrected chi connectivity index (χ3v) is 2.65. The number of hydrogen-bond acceptors (Lipinski definition) is 7. The number of ether oxygens (including phenoxy) is 3. The molecule has 0 aliphatic heterocycles. The molecule has 0 fully saturated rings. The molecule has 0 rings (SSSR count). The fourth-order valence-electron chi connectivity index (χ4n) is 1.54. The highest BCUT2D eigenvalue weighted by molar-refractivity contribution is 5.81.